The normalized spacial score (nSPS) is 11.2. The molecule has 168 valence electrons. The number of carbonyl (C=O) groups excluding carboxylic acids is 2. The number of anilines is 1. The second kappa shape index (κ2) is 9.08. The molecule has 0 spiro atoms. The largest absolute Gasteiger partial charge is 0.339 e. The third-order valence-electron chi connectivity index (χ3n) is 5.76. The third-order valence-corrected chi connectivity index (χ3v) is 6.09. The Kier molecular flexibility index (Phi) is 6.20. The molecule has 0 saturated heterocycles. The van der Waals surface area contributed by atoms with E-state index in [0.717, 1.165) is 0 Å². The molecule has 3 aromatic carbocycles. The van der Waals surface area contributed by atoms with E-state index in [4.69, 9.17) is 11.6 Å². The first-order valence-corrected chi connectivity index (χ1v) is 11.0. The molecule has 1 aromatic heterocycles. The number of pyridine rings is 1. The lowest BCUT2D eigenvalue weighted by molar-refractivity contribution is -0.116. The fraction of sp³-hybridized carbons (Fsp3) is 0.192. The number of hydrogen-bond acceptors (Lipinski definition) is 3. The molecule has 0 fully saturated rings. The number of halogens is 1. The zero-order valence-electron chi connectivity index (χ0n) is 18.6. The summed E-state index contributed by atoms with van der Waals surface area (Å²) in [4.78, 5) is 40.3. The predicted molar refractivity (Wildman–Crippen MR) is 133 cm³/mol. The Balaban J connectivity index is 1.69. The first-order valence-electron chi connectivity index (χ1n) is 10.6. The number of fused-ring (bicyclic) bond motifs is 2. The maximum Gasteiger partial charge on any atom is 0.253 e. The van der Waals surface area contributed by atoms with Crippen molar-refractivity contribution in [2.45, 2.75) is 26.4 Å². The number of nitrogens with zero attached hydrogens (tertiary/aromatic N) is 2. The number of amides is 2. The maximum absolute atomic E-state index is 13.1. The minimum atomic E-state index is -0.322. The van der Waals surface area contributed by atoms with Crippen molar-refractivity contribution in [3.8, 4) is 0 Å². The van der Waals surface area contributed by atoms with Crippen molar-refractivity contribution in [1.82, 2.24) is 9.47 Å². The second-order valence-electron chi connectivity index (χ2n) is 8.20. The van der Waals surface area contributed by atoms with E-state index < -0.39 is 0 Å². The molecule has 7 heteroatoms. The zero-order valence-corrected chi connectivity index (χ0v) is 19.4. The van der Waals surface area contributed by atoms with Crippen LogP contribution in [0.4, 0.5) is 5.69 Å². The number of para-hydroxylation sites is 2. The van der Waals surface area contributed by atoms with Gasteiger partial charge >= 0.3 is 0 Å². The number of nitrogens with one attached hydrogen (secondary N) is 1. The molecule has 0 radical (unpaired) electrons. The quantitative estimate of drug-likeness (QED) is 0.428. The number of rotatable bonds is 5. The van der Waals surface area contributed by atoms with Crippen LogP contribution in [-0.4, -0.2) is 34.4 Å². The van der Waals surface area contributed by atoms with E-state index in [0.29, 0.717) is 38.1 Å². The summed E-state index contributed by atoms with van der Waals surface area (Å²) in [5.74, 6) is -0.479. The molecule has 33 heavy (non-hydrogen) atoms. The molecule has 0 atom stereocenters. The van der Waals surface area contributed by atoms with Gasteiger partial charge in [0.15, 0.2) is 5.43 Å². The average Bonchev–Trinajstić information content (AvgIpc) is 2.82. The molecular formula is C26H24ClN3O3. The van der Waals surface area contributed by atoms with Gasteiger partial charge in [0, 0.05) is 29.4 Å². The van der Waals surface area contributed by atoms with Crippen LogP contribution in [0.3, 0.4) is 0 Å². The van der Waals surface area contributed by atoms with Crippen LogP contribution in [0.2, 0.25) is 5.02 Å². The smallest absolute Gasteiger partial charge is 0.253 e. The van der Waals surface area contributed by atoms with Crippen molar-refractivity contribution in [2.24, 2.45) is 0 Å². The standard InChI is InChI=1S/C26H24ClN3O3/c1-16(2)29(3)26(33)17-12-13-20(27)21(14-17)28-24(31)15-30-22-10-6-4-8-18(22)25(32)19-9-5-7-11-23(19)30/h4-14,16H,15H2,1-3H3,(H,28,31). The molecule has 0 unspecified atom stereocenters. The highest BCUT2D eigenvalue weighted by atomic mass is 35.5. The molecular weight excluding hydrogens is 438 g/mol. The SMILES string of the molecule is CC(C)N(C)C(=O)c1ccc(Cl)c(NC(=O)Cn2c3ccccc3c(=O)c3ccccc32)c1. The predicted octanol–water partition coefficient (Wildman–Crippen LogP) is 4.93. The summed E-state index contributed by atoms with van der Waals surface area (Å²) in [7, 11) is 1.73. The monoisotopic (exact) mass is 461 g/mol. The Morgan fingerprint density at radius 2 is 1.55 bits per heavy atom. The van der Waals surface area contributed by atoms with Crippen molar-refractivity contribution in [3.63, 3.8) is 0 Å². The molecule has 1 heterocycles. The van der Waals surface area contributed by atoms with E-state index in [2.05, 4.69) is 5.32 Å². The lowest BCUT2D eigenvalue weighted by Gasteiger charge is -2.22. The minimum absolute atomic E-state index is 0.0261. The van der Waals surface area contributed by atoms with Crippen LogP contribution >= 0.6 is 11.6 Å². The van der Waals surface area contributed by atoms with E-state index in [1.54, 1.807) is 54.4 Å². The Bertz CT molecular complexity index is 1380. The first kappa shape index (κ1) is 22.6. The summed E-state index contributed by atoms with van der Waals surface area (Å²) in [5, 5.41) is 4.26. The molecule has 1 N–H and O–H groups in total. The van der Waals surface area contributed by atoms with Gasteiger partial charge in [-0.1, -0.05) is 35.9 Å². The summed E-state index contributed by atoms with van der Waals surface area (Å²) >= 11 is 6.31. The lowest BCUT2D eigenvalue weighted by Crippen LogP contribution is -2.33. The summed E-state index contributed by atoms with van der Waals surface area (Å²) in [6.07, 6.45) is 0. The molecule has 0 bridgehead atoms. The van der Waals surface area contributed by atoms with Gasteiger partial charge in [0.25, 0.3) is 5.91 Å². The number of aromatic nitrogens is 1. The molecule has 0 aliphatic rings. The van der Waals surface area contributed by atoms with Crippen molar-refractivity contribution in [2.75, 3.05) is 12.4 Å². The van der Waals surface area contributed by atoms with Crippen LogP contribution in [0, 0.1) is 0 Å². The summed E-state index contributed by atoms with van der Waals surface area (Å²) < 4.78 is 1.82. The molecule has 0 aliphatic heterocycles. The third kappa shape index (κ3) is 4.34. The van der Waals surface area contributed by atoms with E-state index in [1.165, 1.54) is 0 Å². The fourth-order valence-corrected chi connectivity index (χ4v) is 3.94. The van der Waals surface area contributed by atoms with Gasteiger partial charge in [-0.3, -0.25) is 14.4 Å². The first-order chi connectivity index (χ1) is 15.8. The summed E-state index contributed by atoms with van der Waals surface area (Å²) in [6.45, 7) is 3.83. The van der Waals surface area contributed by atoms with E-state index >= 15 is 0 Å². The maximum atomic E-state index is 13.1. The molecule has 0 saturated carbocycles. The average molecular weight is 462 g/mol. The van der Waals surface area contributed by atoms with Gasteiger partial charge < -0.3 is 14.8 Å². The fourth-order valence-electron chi connectivity index (χ4n) is 3.77. The van der Waals surface area contributed by atoms with Crippen molar-refractivity contribution in [3.05, 3.63) is 87.5 Å². The number of hydrogen-bond donors (Lipinski definition) is 1. The van der Waals surface area contributed by atoms with Gasteiger partial charge in [-0.15, -0.1) is 0 Å². The summed E-state index contributed by atoms with van der Waals surface area (Å²) in [6, 6.07) is 19.3. The molecule has 4 rings (SSSR count). The van der Waals surface area contributed by atoms with Gasteiger partial charge in [-0.25, -0.2) is 0 Å². The molecule has 6 nitrogen and oxygen atoms in total. The lowest BCUT2D eigenvalue weighted by atomic mass is 10.1. The van der Waals surface area contributed by atoms with Crippen LogP contribution in [0.5, 0.6) is 0 Å². The highest BCUT2D eigenvalue weighted by Gasteiger charge is 2.18. The van der Waals surface area contributed by atoms with Gasteiger partial charge in [0.05, 0.1) is 21.7 Å². The van der Waals surface area contributed by atoms with Crippen LogP contribution in [0.1, 0.15) is 24.2 Å². The molecule has 4 aromatic rings. The van der Waals surface area contributed by atoms with Crippen LogP contribution in [0.25, 0.3) is 21.8 Å². The Hall–Kier alpha value is -3.64. The molecule has 0 aliphatic carbocycles. The van der Waals surface area contributed by atoms with Crippen molar-refractivity contribution < 1.29 is 9.59 Å². The van der Waals surface area contributed by atoms with Gasteiger partial charge in [0.1, 0.15) is 6.54 Å². The molecule has 2 amide bonds. The zero-order chi connectivity index (χ0) is 23.7. The van der Waals surface area contributed by atoms with Gasteiger partial charge in [-0.2, -0.15) is 0 Å². The van der Waals surface area contributed by atoms with Crippen molar-refractivity contribution >= 4 is 50.9 Å². The highest BCUT2D eigenvalue weighted by Crippen LogP contribution is 2.25. The van der Waals surface area contributed by atoms with Gasteiger partial charge in [-0.05, 0) is 56.3 Å². The number of carbonyl (C=O) groups is 2. The number of benzene rings is 3. The Morgan fingerprint density at radius 3 is 2.12 bits per heavy atom. The van der Waals surface area contributed by atoms with E-state index in [1.807, 2.05) is 42.7 Å². The minimum Gasteiger partial charge on any atom is -0.339 e. The Labute approximate surface area is 196 Å². The van der Waals surface area contributed by atoms with Crippen LogP contribution in [0.15, 0.2) is 71.5 Å². The van der Waals surface area contributed by atoms with E-state index in [-0.39, 0.29) is 29.8 Å². The second-order valence-corrected chi connectivity index (χ2v) is 8.61. The highest BCUT2D eigenvalue weighted by molar-refractivity contribution is 6.33. The van der Waals surface area contributed by atoms with Crippen LogP contribution < -0.4 is 10.7 Å². The van der Waals surface area contributed by atoms with Gasteiger partial charge in [0.2, 0.25) is 5.91 Å². The topological polar surface area (TPSA) is 71.4 Å². The Morgan fingerprint density at radius 1 is 0.970 bits per heavy atom. The van der Waals surface area contributed by atoms with Crippen molar-refractivity contribution in [1.29, 1.82) is 0 Å². The summed E-state index contributed by atoms with van der Waals surface area (Å²) in [5.41, 5.74) is 2.07. The van der Waals surface area contributed by atoms with E-state index in [9.17, 15) is 14.4 Å². The van der Waals surface area contributed by atoms with Crippen LogP contribution in [-0.2, 0) is 11.3 Å².